The van der Waals surface area contributed by atoms with Gasteiger partial charge in [-0.1, -0.05) is 32.0 Å². The highest BCUT2D eigenvalue weighted by Crippen LogP contribution is 2.23. The molecule has 142 valence electrons. The van der Waals surface area contributed by atoms with Crippen molar-refractivity contribution >= 4 is 23.8 Å². The normalized spacial score (nSPS) is 14.1. The molecule has 0 atom stereocenters. The number of hydrogen-bond donors (Lipinski definition) is 1. The van der Waals surface area contributed by atoms with Crippen molar-refractivity contribution in [3.8, 4) is 0 Å². The van der Waals surface area contributed by atoms with Gasteiger partial charge in [-0.2, -0.15) is 0 Å². The van der Waals surface area contributed by atoms with E-state index in [4.69, 9.17) is 0 Å². The van der Waals surface area contributed by atoms with Gasteiger partial charge in [-0.15, -0.1) is 0 Å². The number of anilines is 2. The van der Waals surface area contributed by atoms with Gasteiger partial charge in [-0.05, 0) is 36.1 Å². The first-order chi connectivity index (χ1) is 13.2. The number of nitrogens with zero attached hydrogens (tertiary/aromatic N) is 3. The summed E-state index contributed by atoms with van der Waals surface area (Å²) >= 11 is 0. The van der Waals surface area contributed by atoms with Crippen molar-refractivity contribution < 1.29 is 9.59 Å². The van der Waals surface area contributed by atoms with Crippen molar-refractivity contribution in [2.75, 3.05) is 36.4 Å². The molecule has 0 saturated carbocycles. The lowest BCUT2D eigenvalue weighted by Gasteiger charge is -2.33. The lowest BCUT2D eigenvalue weighted by Crippen LogP contribution is -2.46. The molecule has 27 heavy (non-hydrogen) atoms. The minimum Gasteiger partial charge on any atom is -0.353 e. The van der Waals surface area contributed by atoms with Crippen LogP contribution >= 0.6 is 0 Å². The maximum Gasteiger partial charge on any atom is 0.257 e. The molecule has 0 radical (unpaired) electrons. The summed E-state index contributed by atoms with van der Waals surface area (Å²) in [7, 11) is 0. The molecular weight excluding hydrogens is 340 g/mol. The maximum atomic E-state index is 12.7. The Morgan fingerprint density at radius 1 is 1.07 bits per heavy atom. The molecule has 1 aliphatic rings. The molecule has 1 aromatic carbocycles. The lowest BCUT2D eigenvalue weighted by atomic mass is 10.0. The number of nitrogens with one attached hydrogen (secondary N) is 1. The first-order valence-corrected chi connectivity index (χ1v) is 9.48. The third kappa shape index (κ3) is 4.27. The van der Waals surface area contributed by atoms with Crippen molar-refractivity contribution in [3.05, 3.63) is 53.2 Å². The third-order valence-corrected chi connectivity index (χ3v) is 5.03. The predicted octanol–water partition coefficient (Wildman–Crippen LogP) is 2.74. The van der Waals surface area contributed by atoms with Crippen LogP contribution in [0.5, 0.6) is 0 Å². The molecule has 1 aliphatic heterocycles. The van der Waals surface area contributed by atoms with Crippen molar-refractivity contribution in [3.63, 3.8) is 0 Å². The molecule has 2 aromatic rings. The van der Waals surface area contributed by atoms with Gasteiger partial charge in [-0.3, -0.25) is 9.59 Å². The molecule has 3 rings (SSSR count). The second kappa shape index (κ2) is 8.66. The van der Waals surface area contributed by atoms with Gasteiger partial charge < -0.3 is 15.1 Å². The minimum absolute atomic E-state index is 0.143. The third-order valence-electron chi connectivity index (χ3n) is 5.03. The van der Waals surface area contributed by atoms with Crippen LogP contribution in [0.15, 0.2) is 36.5 Å². The molecule has 6 nitrogen and oxygen atoms in total. The van der Waals surface area contributed by atoms with Crippen molar-refractivity contribution in [1.29, 1.82) is 0 Å². The first kappa shape index (κ1) is 18.9. The number of aryl methyl sites for hydroxylation is 2. The van der Waals surface area contributed by atoms with E-state index in [0.29, 0.717) is 18.7 Å². The van der Waals surface area contributed by atoms with Crippen LogP contribution in [0.2, 0.25) is 0 Å². The first-order valence-electron chi connectivity index (χ1n) is 9.48. The fourth-order valence-corrected chi connectivity index (χ4v) is 3.35. The van der Waals surface area contributed by atoms with E-state index < -0.39 is 0 Å². The van der Waals surface area contributed by atoms with Crippen molar-refractivity contribution in [1.82, 2.24) is 9.88 Å². The molecule has 1 fully saturated rings. The van der Waals surface area contributed by atoms with Gasteiger partial charge in [0.1, 0.15) is 5.82 Å². The zero-order chi connectivity index (χ0) is 19.2. The molecule has 0 bridgehead atoms. The van der Waals surface area contributed by atoms with Crippen LogP contribution < -0.4 is 10.2 Å². The standard InChI is InChI=1S/C21H26N4O2/c1-3-16-6-5-7-17(4-2)20(16)23-21(27)18-8-9-19(22-14-18)25-12-10-24(15-26)11-13-25/h5-9,14-15H,3-4,10-13H2,1-2H3,(H,23,27). The van der Waals surface area contributed by atoms with Crippen LogP contribution in [0.1, 0.15) is 35.3 Å². The van der Waals surface area contributed by atoms with E-state index in [-0.39, 0.29) is 5.91 Å². The number of rotatable bonds is 6. The molecule has 6 heteroatoms. The Morgan fingerprint density at radius 2 is 1.74 bits per heavy atom. The predicted molar refractivity (Wildman–Crippen MR) is 107 cm³/mol. The van der Waals surface area contributed by atoms with E-state index >= 15 is 0 Å². The van der Waals surface area contributed by atoms with E-state index in [9.17, 15) is 9.59 Å². The Morgan fingerprint density at radius 3 is 2.26 bits per heavy atom. The number of pyridine rings is 1. The second-order valence-corrected chi connectivity index (χ2v) is 6.65. The molecular formula is C21H26N4O2. The van der Waals surface area contributed by atoms with Crippen LogP contribution in [0.4, 0.5) is 11.5 Å². The smallest absolute Gasteiger partial charge is 0.257 e. The van der Waals surface area contributed by atoms with Crippen LogP contribution in [0.25, 0.3) is 0 Å². The Kier molecular flexibility index (Phi) is 6.06. The summed E-state index contributed by atoms with van der Waals surface area (Å²) in [4.78, 5) is 31.9. The Hall–Kier alpha value is -2.89. The van der Waals surface area contributed by atoms with Crippen LogP contribution in [-0.4, -0.2) is 48.4 Å². The minimum atomic E-state index is -0.143. The zero-order valence-electron chi connectivity index (χ0n) is 15.9. The number of amides is 2. The Bertz CT molecular complexity index is 774. The van der Waals surface area contributed by atoms with E-state index in [1.807, 2.05) is 18.2 Å². The second-order valence-electron chi connectivity index (χ2n) is 6.65. The quantitative estimate of drug-likeness (QED) is 0.799. The van der Waals surface area contributed by atoms with Gasteiger partial charge in [-0.25, -0.2) is 4.98 Å². The molecule has 0 aliphatic carbocycles. The van der Waals surface area contributed by atoms with Gasteiger partial charge in [0.15, 0.2) is 0 Å². The highest BCUT2D eigenvalue weighted by atomic mass is 16.1. The van der Waals surface area contributed by atoms with Crippen molar-refractivity contribution in [2.45, 2.75) is 26.7 Å². The summed E-state index contributed by atoms with van der Waals surface area (Å²) < 4.78 is 0. The van der Waals surface area contributed by atoms with E-state index in [2.05, 4.69) is 41.2 Å². The summed E-state index contributed by atoms with van der Waals surface area (Å²) in [5.74, 6) is 0.690. The summed E-state index contributed by atoms with van der Waals surface area (Å²) in [6.07, 6.45) is 4.24. The molecule has 1 saturated heterocycles. The van der Waals surface area contributed by atoms with Crippen LogP contribution in [0.3, 0.4) is 0 Å². The summed E-state index contributed by atoms with van der Waals surface area (Å²) in [5, 5.41) is 3.07. The monoisotopic (exact) mass is 366 g/mol. The fourth-order valence-electron chi connectivity index (χ4n) is 3.35. The largest absolute Gasteiger partial charge is 0.353 e. The average molecular weight is 366 g/mol. The SMILES string of the molecule is CCc1cccc(CC)c1NC(=O)c1ccc(N2CCN(C=O)CC2)nc1. The van der Waals surface area contributed by atoms with Crippen molar-refractivity contribution in [2.24, 2.45) is 0 Å². The highest BCUT2D eigenvalue weighted by Gasteiger charge is 2.17. The molecule has 2 heterocycles. The van der Waals surface area contributed by atoms with Crippen LogP contribution in [0, 0.1) is 0 Å². The summed E-state index contributed by atoms with van der Waals surface area (Å²) in [5.41, 5.74) is 3.74. The number of carbonyl (C=O) groups is 2. The summed E-state index contributed by atoms with van der Waals surface area (Å²) in [6, 6.07) is 9.82. The maximum absolute atomic E-state index is 12.7. The number of piperazine rings is 1. The number of hydrogen-bond acceptors (Lipinski definition) is 4. The number of para-hydroxylation sites is 1. The van der Waals surface area contributed by atoms with E-state index in [1.54, 1.807) is 11.1 Å². The van der Waals surface area contributed by atoms with E-state index in [1.165, 1.54) is 0 Å². The average Bonchev–Trinajstić information content (AvgIpc) is 2.74. The van der Waals surface area contributed by atoms with E-state index in [0.717, 1.165) is 55.0 Å². The van der Waals surface area contributed by atoms with Crippen LogP contribution in [-0.2, 0) is 17.6 Å². The topological polar surface area (TPSA) is 65.5 Å². The van der Waals surface area contributed by atoms with Gasteiger partial charge >= 0.3 is 0 Å². The summed E-state index contributed by atoms with van der Waals surface area (Å²) in [6.45, 7) is 7.07. The van der Waals surface area contributed by atoms with Gasteiger partial charge in [0.05, 0.1) is 5.56 Å². The number of aromatic nitrogens is 1. The number of benzene rings is 1. The molecule has 1 N–H and O–H groups in total. The highest BCUT2D eigenvalue weighted by molar-refractivity contribution is 6.05. The molecule has 0 unspecified atom stereocenters. The Balaban J connectivity index is 1.71. The molecule has 1 aromatic heterocycles. The lowest BCUT2D eigenvalue weighted by molar-refractivity contribution is -0.118. The molecule has 2 amide bonds. The van der Waals surface area contributed by atoms with Gasteiger partial charge in [0, 0.05) is 38.1 Å². The Labute approximate surface area is 160 Å². The fraction of sp³-hybridized carbons (Fsp3) is 0.381. The molecule has 0 spiro atoms. The number of carbonyl (C=O) groups excluding carboxylic acids is 2. The zero-order valence-corrected chi connectivity index (χ0v) is 15.9. The van der Waals surface area contributed by atoms with Gasteiger partial charge in [0.25, 0.3) is 5.91 Å². The van der Waals surface area contributed by atoms with Gasteiger partial charge in [0.2, 0.25) is 6.41 Å².